The summed E-state index contributed by atoms with van der Waals surface area (Å²) in [4.78, 5) is 0. The average molecular weight is 226 g/mol. The molecule has 0 heterocycles. The van der Waals surface area contributed by atoms with Crippen LogP contribution in [0, 0.1) is 0 Å². The minimum atomic E-state index is 0.818. The molecule has 2 aromatic rings. The van der Waals surface area contributed by atoms with Crippen molar-refractivity contribution in [2.75, 3.05) is 5.43 Å². The third kappa shape index (κ3) is 3.61. The molecule has 0 aliphatic heterocycles. The third-order valence-corrected chi connectivity index (χ3v) is 2.73. The molecule has 2 heteroatoms. The maximum Gasteiger partial charge on any atom is 0.0487 e. The Morgan fingerprint density at radius 3 is 2.12 bits per heavy atom. The lowest BCUT2D eigenvalue weighted by molar-refractivity contribution is 0.801. The molecule has 0 fully saturated rings. The first-order valence-corrected chi connectivity index (χ1v) is 6.00. The zero-order valence-electron chi connectivity index (χ0n) is 10.1. The summed E-state index contributed by atoms with van der Waals surface area (Å²) in [6.45, 7) is 2.99. The quantitative estimate of drug-likeness (QED) is 0.764. The van der Waals surface area contributed by atoms with Gasteiger partial charge in [0, 0.05) is 12.2 Å². The summed E-state index contributed by atoms with van der Waals surface area (Å²) in [5.74, 6) is 0. The van der Waals surface area contributed by atoms with Crippen molar-refractivity contribution in [2.45, 2.75) is 19.9 Å². The van der Waals surface area contributed by atoms with E-state index in [9.17, 15) is 0 Å². The van der Waals surface area contributed by atoms with Crippen LogP contribution in [0.15, 0.2) is 54.6 Å². The Labute approximate surface area is 103 Å². The SMILES string of the molecule is CCc1ccc(CNNc2ccccc2)cc1. The predicted octanol–water partition coefficient (Wildman–Crippen LogP) is 3.37. The monoisotopic (exact) mass is 226 g/mol. The number of benzene rings is 2. The second-order valence-corrected chi connectivity index (χ2v) is 4.01. The van der Waals surface area contributed by atoms with Crippen LogP contribution >= 0.6 is 0 Å². The van der Waals surface area contributed by atoms with Crippen molar-refractivity contribution in [3.05, 3.63) is 65.7 Å². The number of rotatable bonds is 5. The van der Waals surface area contributed by atoms with Crippen molar-refractivity contribution < 1.29 is 0 Å². The van der Waals surface area contributed by atoms with Gasteiger partial charge >= 0.3 is 0 Å². The lowest BCUT2D eigenvalue weighted by atomic mass is 10.1. The van der Waals surface area contributed by atoms with Crippen molar-refractivity contribution in [1.82, 2.24) is 5.43 Å². The maximum atomic E-state index is 3.21. The third-order valence-electron chi connectivity index (χ3n) is 2.73. The van der Waals surface area contributed by atoms with Crippen LogP contribution in [0.2, 0.25) is 0 Å². The Bertz CT molecular complexity index is 434. The molecular formula is C15H18N2. The number of hydrogen-bond acceptors (Lipinski definition) is 2. The van der Waals surface area contributed by atoms with Gasteiger partial charge in [0.15, 0.2) is 0 Å². The Morgan fingerprint density at radius 1 is 0.824 bits per heavy atom. The Hall–Kier alpha value is -1.80. The first-order valence-electron chi connectivity index (χ1n) is 6.00. The highest BCUT2D eigenvalue weighted by Crippen LogP contribution is 2.06. The largest absolute Gasteiger partial charge is 0.321 e. The molecule has 17 heavy (non-hydrogen) atoms. The van der Waals surface area contributed by atoms with Crippen molar-refractivity contribution >= 4 is 5.69 Å². The molecule has 2 nitrogen and oxygen atoms in total. The molecule has 0 saturated heterocycles. The summed E-state index contributed by atoms with van der Waals surface area (Å²) in [6.07, 6.45) is 1.09. The predicted molar refractivity (Wildman–Crippen MR) is 72.7 cm³/mol. The van der Waals surface area contributed by atoms with E-state index < -0.39 is 0 Å². The summed E-state index contributed by atoms with van der Waals surface area (Å²) in [6, 6.07) is 18.8. The van der Waals surface area contributed by atoms with Crippen molar-refractivity contribution in [3.63, 3.8) is 0 Å². The second kappa shape index (κ2) is 6.06. The molecule has 0 aliphatic carbocycles. The average Bonchev–Trinajstić information content (AvgIpc) is 2.41. The van der Waals surface area contributed by atoms with Crippen molar-refractivity contribution in [2.24, 2.45) is 0 Å². The van der Waals surface area contributed by atoms with Gasteiger partial charge in [0.05, 0.1) is 0 Å². The molecule has 0 atom stereocenters. The molecule has 0 spiro atoms. The van der Waals surface area contributed by atoms with Crippen molar-refractivity contribution in [1.29, 1.82) is 0 Å². The summed E-state index contributed by atoms with van der Waals surface area (Å²) in [7, 11) is 0. The molecule has 0 aromatic heterocycles. The lowest BCUT2D eigenvalue weighted by Crippen LogP contribution is -2.20. The minimum Gasteiger partial charge on any atom is -0.321 e. The Kier molecular flexibility index (Phi) is 4.17. The number of aryl methyl sites for hydroxylation is 1. The first-order chi connectivity index (χ1) is 8.38. The van der Waals surface area contributed by atoms with Gasteiger partial charge in [-0.2, -0.15) is 0 Å². The second-order valence-electron chi connectivity index (χ2n) is 4.01. The highest BCUT2D eigenvalue weighted by Gasteiger charge is 1.93. The highest BCUT2D eigenvalue weighted by atomic mass is 15.3. The van der Waals surface area contributed by atoms with Gasteiger partial charge in [-0.25, -0.2) is 5.43 Å². The zero-order chi connectivity index (χ0) is 11.9. The molecule has 0 bridgehead atoms. The standard InChI is InChI=1S/C15H18N2/c1-2-13-8-10-14(11-9-13)12-16-17-15-6-4-3-5-7-15/h3-11,16-17H,2,12H2,1H3. The number of para-hydroxylation sites is 1. The molecule has 0 saturated carbocycles. The summed E-state index contributed by atoms with van der Waals surface area (Å²) in [5.41, 5.74) is 10.1. The number of anilines is 1. The van der Waals surface area contributed by atoms with Gasteiger partial charge in [-0.15, -0.1) is 0 Å². The molecule has 0 radical (unpaired) electrons. The summed E-state index contributed by atoms with van der Waals surface area (Å²) < 4.78 is 0. The summed E-state index contributed by atoms with van der Waals surface area (Å²) >= 11 is 0. The maximum absolute atomic E-state index is 3.21. The molecule has 0 unspecified atom stereocenters. The zero-order valence-corrected chi connectivity index (χ0v) is 10.1. The van der Waals surface area contributed by atoms with Crippen LogP contribution in [-0.2, 0) is 13.0 Å². The fraction of sp³-hybridized carbons (Fsp3) is 0.200. The van der Waals surface area contributed by atoms with Crippen LogP contribution in [0.1, 0.15) is 18.1 Å². The lowest BCUT2D eigenvalue weighted by Gasteiger charge is -2.08. The topological polar surface area (TPSA) is 24.1 Å². The molecule has 88 valence electrons. The van der Waals surface area contributed by atoms with Gasteiger partial charge in [0.1, 0.15) is 0 Å². The molecule has 2 aromatic carbocycles. The number of nitrogens with one attached hydrogen (secondary N) is 2. The highest BCUT2D eigenvalue weighted by molar-refractivity contribution is 5.41. The van der Waals surface area contributed by atoms with E-state index in [4.69, 9.17) is 0 Å². The van der Waals surface area contributed by atoms with Crippen molar-refractivity contribution in [3.8, 4) is 0 Å². The van der Waals surface area contributed by atoms with Gasteiger partial charge in [-0.1, -0.05) is 49.4 Å². The van der Waals surface area contributed by atoms with E-state index in [1.165, 1.54) is 11.1 Å². The van der Waals surface area contributed by atoms with Gasteiger partial charge < -0.3 is 5.43 Å². The van der Waals surface area contributed by atoms with E-state index in [0.717, 1.165) is 18.7 Å². The molecule has 0 aliphatic rings. The molecule has 2 N–H and O–H groups in total. The van der Waals surface area contributed by atoms with Crippen LogP contribution in [0.3, 0.4) is 0 Å². The van der Waals surface area contributed by atoms with E-state index in [0.29, 0.717) is 0 Å². The van der Waals surface area contributed by atoms with Gasteiger partial charge in [0.25, 0.3) is 0 Å². The first kappa shape index (κ1) is 11.7. The number of hydrazine groups is 1. The fourth-order valence-electron chi connectivity index (χ4n) is 1.66. The Morgan fingerprint density at radius 2 is 1.47 bits per heavy atom. The normalized spacial score (nSPS) is 10.2. The van der Waals surface area contributed by atoms with Crippen LogP contribution in [0.4, 0.5) is 5.69 Å². The van der Waals surface area contributed by atoms with Crippen LogP contribution in [0.25, 0.3) is 0 Å². The van der Waals surface area contributed by atoms with E-state index in [2.05, 4.69) is 42.0 Å². The van der Waals surface area contributed by atoms with E-state index in [-0.39, 0.29) is 0 Å². The summed E-state index contributed by atoms with van der Waals surface area (Å²) in [5, 5.41) is 0. The minimum absolute atomic E-state index is 0.818. The molecular weight excluding hydrogens is 208 g/mol. The van der Waals surface area contributed by atoms with Crippen LogP contribution in [0.5, 0.6) is 0 Å². The van der Waals surface area contributed by atoms with E-state index >= 15 is 0 Å². The van der Waals surface area contributed by atoms with Crippen LogP contribution in [-0.4, -0.2) is 0 Å². The van der Waals surface area contributed by atoms with Gasteiger partial charge in [0.2, 0.25) is 0 Å². The molecule has 2 rings (SSSR count). The number of hydrogen-bond donors (Lipinski definition) is 2. The smallest absolute Gasteiger partial charge is 0.0487 e. The molecule has 0 amide bonds. The van der Waals surface area contributed by atoms with Gasteiger partial charge in [-0.3, -0.25) is 0 Å². The Balaban J connectivity index is 1.82. The fourth-order valence-corrected chi connectivity index (χ4v) is 1.66. The van der Waals surface area contributed by atoms with E-state index in [1.54, 1.807) is 0 Å². The van der Waals surface area contributed by atoms with Gasteiger partial charge in [-0.05, 0) is 29.7 Å². The van der Waals surface area contributed by atoms with Crippen LogP contribution < -0.4 is 10.9 Å². The van der Waals surface area contributed by atoms with E-state index in [1.807, 2.05) is 30.3 Å².